The second-order valence-corrected chi connectivity index (χ2v) is 8.64. The second kappa shape index (κ2) is 9.83. The summed E-state index contributed by atoms with van der Waals surface area (Å²) in [6.07, 6.45) is 12.7. The van der Waals surface area contributed by atoms with Crippen molar-refractivity contribution < 1.29 is 4.79 Å². The van der Waals surface area contributed by atoms with Gasteiger partial charge in [-0.1, -0.05) is 37.5 Å². The Balaban J connectivity index is 1.36. The molecule has 0 bridgehead atoms. The van der Waals surface area contributed by atoms with Crippen molar-refractivity contribution in [1.82, 2.24) is 19.7 Å². The van der Waals surface area contributed by atoms with Gasteiger partial charge in [-0.05, 0) is 37.1 Å². The van der Waals surface area contributed by atoms with Crippen molar-refractivity contribution in [3.63, 3.8) is 0 Å². The Bertz CT molecular complexity index is 898. The molecule has 0 unspecified atom stereocenters. The fourth-order valence-corrected chi connectivity index (χ4v) is 4.78. The first-order valence-electron chi connectivity index (χ1n) is 10.4. The van der Waals surface area contributed by atoms with Crippen LogP contribution in [0.4, 0.5) is 0 Å². The Hall–Kier alpha value is -2.47. The van der Waals surface area contributed by atoms with E-state index in [-0.39, 0.29) is 5.91 Å². The Kier molecular flexibility index (Phi) is 6.72. The number of hydrogen-bond acceptors (Lipinski definition) is 3. The normalized spacial score (nSPS) is 14.8. The number of carbonyl (C=O) groups excluding carboxylic acids is 1. The van der Waals surface area contributed by atoms with Crippen LogP contribution >= 0.6 is 11.8 Å². The SMILES string of the molecule is O=C(CCSCc1cnn(-c2ccccc2)c1-n1cccc1)NC1CCCCC1. The summed E-state index contributed by atoms with van der Waals surface area (Å²) in [5.41, 5.74) is 2.21. The molecule has 1 fully saturated rings. The molecule has 5 nitrogen and oxygen atoms in total. The van der Waals surface area contributed by atoms with Gasteiger partial charge >= 0.3 is 0 Å². The van der Waals surface area contributed by atoms with E-state index in [1.807, 2.05) is 53.6 Å². The van der Waals surface area contributed by atoms with Crippen LogP contribution in [0.25, 0.3) is 11.5 Å². The molecule has 0 aliphatic heterocycles. The van der Waals surface area contributed by atoms with E-state index in [0.29, 0.717) is 12.5 Å². The third-order valence-corrected chi connectivity index (χ3v) is 6.38. The van der Waals surface area contributed by atoms with Gasteiger partial charge in [0.1, 0.15) is 5.82 Å². The van der Waals surface area contributed by atoms with E-state index in [1.165, 1.54) is 24.8 Å². The predicted octanol–water partition coefficient (Wildman–Crippen LogP) is 4.74. The van der Waals surface area contributed by atoms with Gasteiger partial charge in [0.05, 0.1) is 11.9 Å². The molecule has 2 heterocycles. The predicted molar refractivity (Wildman–Crippen MR) is 119 cm³/mol. The maximum absolute atomic E-state index is 12.2. The third-order valence-electron chi connectivity index (χ3n) is 5.37. The van der Waals surface area contributed by atoms with E-state index in [4.69, 9.17) is 0 Å². The van der Waals surface area contributed by atoms with Crippen molar-refractivity contribution in [2.24, 2.45) is 0 Å². The molecule has 1 N–H and O–H groups in total. The second-order valence-electron chi connectivity index (χ2n) is 7.54. The third kappa shape index (κ3) is 5.12. The summed E-state index contributed by atoms with van der Waals surface area (Å²) in [6.45, 7) is 0. The zero-order chi connectivity index (χ0) is 19.9. The standard InChI is InChI=1S/C23H28N4OS/c28-22(25-20-9-3-1-4-10-20)13-16-29-18-19-17-24-27(21-11-5-2-6-12-21)23(19)26-14-7-8-15-26/h2,5-8,11-12,14-15,17,20H,1,3-4,9-10,13,16,18H2,(H,25,28). The molecule has 1 aliphatic carbocycles. The highest BCUT2D eigenvalue weighted by Crippen LogP contribution is 2.24. The maximum atomic E-state index is 12.2. The van der Waals surface area contributed by atoms with E-state index in [0.717, 1.165) is 35.9 Å². The summed E-state index contributed by atoms with van der Waals surface area (Å²) in [4.78, 5) is 12.2. The number of thioether (sulfide) groups is 1. The summed E-state index contributed by atoms with van der Waals surface area (Å²) in [6, 6.07) is 14.6. The van der Waals surface area contributed by atoms with Crippen LogP contribution in [0.15, 0.2) is 61.1 Å². The first kappa shape index (κ1) is 19.8. The van der Waals surface area contributed by atoms with Crippen molar-refractivity contribution in [2.75, 3.05) is 5.75 Å². The Morgan fingerprint density at radius 3 is 2.59 bits per heavy atom. The van der Waals surface area contributed by atoms with Crippen LogP contribution in [0.2, 0.25) is 0 Å². The monoisotopic (exact) mass is 408 g/mol. The lowest BCUT2D eigenvalue weighted by Gasteiger charge is -2.22. The minimum atomic E-state index is 0.190. The average molecular weight is 409 g/mol. The molecule has 2 aromatic heterocycles. The zero-order valence-electron chi connectivity index (χ0n) is 16.7. The lowest BCUT2D eigenvalue weighted by molar-refractivity contribution is -0.121. The van der Waals surface area contributed by atoms with Gasteiger partial charge in [-0.3, -0.25) is 4.79 Å². The highest BCUT2D eigenvalue weighted by Gasteiger charge is 2.16. The number of amides is 1. The topological polar surface area (TPSA) is 51.9 Å². The molecule has 152 valence electrons. The van der Waals surface area contributed by atoms with E-state index in [2.05, 4.69) is 27.1 Å². The van der Waals surface area contributed by atoms with E-state index in [9.17, 15) is 4.79 Å². The van der Waals surface area contributed by atoms with Gasteiger partial charge in [-0.15, -0.1) is 0 Å². The van der Waals surface area contributed by atoms with E-state index < -0.39 is 0 Å². The smallest absolute Gasteiger partial charge is 0.221 e. The maximum Gasteiger partial charge on any atom is 0.221 e. The van der Waals surface area contributed by atoms with Gasteiger partial charge in [0, 0.05) is 41.9 Å². The molecule has 4 rings (SSSR count). The molecule has 0 saturated heterocycles. The quantitative estimate of drug-likeness (QED) is 0.548. The summed E-state index contributed by atoms with van der Waals surface area (Å²) in [7, 11) is 0. The molecule has 0 radical (unpaired) electrons. The van der Waals surface area contributed by atoms with Gasteiger partial charge in [-0.2, -0.15) is 16.9 Å². The number of carbonyl (C=O) groups is 1. The lowest BCUT2D eigenvalue weighted by atomic mass is 9.95. The highest BCUT2D eigenvalue weighted by atomic mass is 32.2. The van der Waals surface area contributed by atoms with Gasteiger partial charge in [-0.25, -0.2) is 4.68 Å². The molecule has 29 heavy (non-hydrogen) atoms. The minimum absolute atomic E-state index is 0.190. The van der Waals surface area contributed by atoms with Crippen molar-refractivity contribution in [1.29, 1.82) is 0 Å². The fourth-order valence-electron chi connectivity index (χ4n) is 3.88. The van der Waals surface area contributed by atoms with Crippen molar-refractivity contribution in [2.45, 2.75) is 50.3 Å². The molecule has 1 aliphatic rings. The van der Waals surface area contributed by atoms with Gasteiger partial charge < -0.3 is 9.88 Å². The molecular formula is C23H28N4OS. The van der Waals surface area contributed by atoms with Crippen LogP contribution in [0.1, 0.15) is 44.1 Å². The molecule has 1 aromatic carbocycles. The van der Waals surface area contributed by atoms with Gasteiger partial charge in [0.2, 0.25) is 5.91 Å². The van der Waals surface area contributed by atoms with Crippen molar-refractivity contribution >= 4 is 17.7 Å². The number of nitrogens with one attached hydrogen (secondary N) is 1. The Labute approximate surface area is 176 Å². The molecule has 1 saturated carbocycles. The minimum Gasteiger partial charge on any atom is -0.353 e. The van der Waals surface area contributed by atoms with Crippen molar-refractivity contribution in [3.05, 3.63) is 66.6 Å². The van der Waals surface area contributed by atoms with Gasteiger partial charge in [0.25, 0.3) is 0 Å². The first-order valence-corrected chi connectivity index (χ1v) is 11.6. The number of nitrogens with zero attached hydrogens (tertiary/aromatic N) is 3. The number of aromatic nitrogens is 3. The number of rotatable bonds is 8. The van der Waals surface area contributed by atoms with Crippen LogP contribution in [0, 0.1) is 0 Å². The van der Waals surface area contributed by atoms with Gasteiger partial charge in [0.15, 0.2) is 0 Å². The van der Waals surface area contributed by atoms with E-state index >= 15 is 0 Å². The van der Waals surface area contributed by atoms with Crippen molar-refractivity contribution in [3.8, 4) is 11.5 Å². The Morgan fingerprint density at radius 1 is 1.07 bits per heavy atom. The summed E-state index contributed by atoms with van der Waals surface area (Å²) in [5, 5.41) is 7.84. The molecule has 0 atom stereocenters. The average Bonchev–Trinajstić information content (AvgIpc) is 3.42. The summed E-state index contributed by atoms with van der Waals surface area (Å²) >= 11 is 1.79. The van der Waals surface area contributed by atoms with Crippen LogP contribution in [0.5, 0.6) is 0 Å². The highest BCUT2D eigenvalue weighted by molar-refractivity contribution is 7.98. The summed E-state index contributed by atoms with van der Waals surface area (Å²) in [5.74, 6) is 2.90. The molecular weight excluding hydrogens is 380 g/mol. The number of para-hydroxylation sites is 1. The largest absolute Gasteiger partial charge is 0.353 e. The van der Waals surface area contributed by atoms with Crippen LogP contribution in [-0.4, -0.2) is 32.0 Å². The van der Waals surface area contributed by atoms with Crippen LogP contribution < -0.4 is 5.32 Å². The molecule has 6 heteroatoms. The fraction of sp³-hybridized carbons (Fsp3) is 0.391. The number of benzene rings is 1. The Morgan fingerprint density at radius 2 is 1.83 bits per heavy atom. The molecule has 1 amide bonds. The van der Waals surface area contributed by atoms with Crippen LogP contribution in [0.3, 0.4) is 0 Å². The van der Waals surface area contributed by atoms with E-state index in [1.54, 1.807) is 11.8 Å². The zero-order valence-corrected chi connectivity index (χ0v) is 17.5. The molecule has 0 spiro atoms. The summed E-state index contributed by atoms with van der Waals surface area (Å²) < 4.78 is 4.08. The van der Waals surface area contributed by atoms with Crippen LogP contribution in [-0.2, 0) is 10.5 Å². The molecule has 3 aromatic rings. The number of hydrogen-bond donors (Lipinski definition) is 1. The first-order chi connectivity index (χ1) is 14.3. The lowest BCUT2D eigenvalue weighted by Crippen LogP contribution is -2.36.